The summed E-state index contributed by atoms with van der Waals surface area (Å²) in [5.41, 5.74) is 0.981. The second kappa shape index (κ2) is 3.70. The number of Topliss-reactive ketones (excluding diaryl/α,β-unsaturated/α-hetero) is 1. The van der Waals surface area contributed by atoms with Gasteiger partial charge in [0.15, 0.2) is 5.78 Å². The molecule has 1 aliphatic carbocycles. The average molecular weight is 152 g/mol. The summed E-state index contributed by atoms with van der Waals surface area (Å²) < 4.78 is 0. The third-order valence-electron chi connectivity index (χ3n) is 2.36. The zero-order valence-corrected chi connectivity index (χ0v) is 7.39. The van der Waals surface area contributed by atoms with Gasteiger partial charge in [-0.15, -0.1) is 0 Å². The SMILES string of the molecule is CCCC1CCC=C(C)C1=O. The first-order valence-corrected chi connectivity index (χ1v) is 4.46. The van der Waals surface area contributed by atoms with E-state index in [0.29, 0.717) is 11.7 Å². The van der Waals surface area contributed by atoms with Gasteiger partial charge in [0.2, 0.25) is 0 Å². The average Bonchev–Trinajstić information content (AvgIpc) is 1.99. The number of rotatable bonds is 2. The Balaban J connectivity index is 2.57. The predicted octanol–water partition coefficient (Wildman–Crippen LogP) is 2.71. The monoisotopic (exact) mass is 152 g/mol. The van der Waals surface area contributed by atoms with E-state index in [9.17, 15) is 4.79 Å². The fourth-order valence-corrected chi connectivity index (χ4v) is 1.68. The summed E-state index contributed by atoms with van der Waals surface area (Å²) in [6.45, 7) is 4.07. The lowest BCUT2D eigenvalue weighted by atomic mass is 9.85. The van der Waals surface area contributed by atoms with Crippen molar-refractivity contribution in [3.63, 3.8) is 0 Å². The van der Waals surface area contributed by atoms with Gasteiger partial charge in [0.1, 0.15) is 0 Å². The number of hydrogen-bond donors (Lipinski definition) is 0. The highest BCUT2D eigenvalue weighted by Gasteiger charge is 2.21. The predicted molar refractivity (Wildman–Crippen MR) is 46.4 cm³/mol. The van der Waals surface area contributed by atoms with Crippen LogP contribution >= 0.6 is 0 Å². The van der Waals surface area contributed by atoms with Crippen molar-refractivity contribution >= 4 is 5.78 Å². The normalized spacial score (nSPS) is 25.1. The number of carbonyl (C=O) groups excluding carboxylic acids is 1. The van der Waals surface area contributed by atoms with E-state index in [1.807, 2.05) is 6.92 Å². The van der Waals surface area contributed by atoms with Crippen molar-refractivity contribution < 1.29 is 4.79 Å². The van der Waals surface area contributed by atoms with Crippen LogP contribution in [0.25, 0.3) is 0 Å². The fourth-order valence-electron chi connectivity index (χ4n) is 1.68. The van der Waals surface area contributed by atoms with Crippen LogP contribution in [0, 0.1) is 5.92 Å². The molecule has 0 spiro atoms. The Morgan fingerprint density at radius 3 is 3.00 bits per heavy atom. The summed E-state index contributed by atoms with van der Waals surface area (Å²) >= 11 is 0. The third-order valence-corrected chi connectivity index (χ3v) is 2.36. The first-order valence-electron chi connectivity index (χ1n) is 4.46. The molecule has 0 saturated carbocycles. The molecular formula is C10H16O. The quantitative estimate of drug-likeness (QED) is 0.594. The van der Waals surface area contributed by atoms with Crippen LogP contribution in [0.4, 0.5) is 0 Å². The highest BCUT2D eigenvalue weighted by atomic mass is 16.1. The van der Waals surface area contributed by atoms with Crippen molar-refractivity contribution in [1.29, 1.82) is 0 Å². The number of ketones is 1. The van der Waals surface area contributed by atoms with Crippen LogP contribution in [0.1, 0.15) is 39.5 Å². The summed E-state index contributed by atoms with van der Waals surface area (Å²) in [7, 11) is 0. The molecule has 11 heavy (non-hydrogen) atoms. The van der Waals surface area contributed by atoms with Crippen molar-refractivity contribution in [2.24, 2.45) is 5.92 Å². The van der Waals surface area contributed by atoms with E-state index in [0.717, 1.165) is 31.3 Å². The van der Waals surface area contributed by atoms with Gasteiger partial charge in [-0.1, -0.05) is 19.4 Å². The Morgan fingerprint density at radius 1 is 1.64 bits per heavy atom. The second-order valence-electron chi connectivity index (χ2n) is 3.31. The zero-order chi connectivity index (χ0) is 8.27. The third kappa shape index (κ3) is 1.92. The summed E-state index contributed by atoms with van der Waals surface area (Å²) in [5, 5.41) is 0. The van der Waals surface area contributed by atoms with Crippen LogP contribution in [0.5, 0.6) is 0 Å². The molecule has 62 valence electrons. The molecule has 0 aliphatic heterocycles. The Kier molecular flexibility index (Phi) is 2.86. The van der Waals surface area contributed by atoms with E-state index >= 15 is 0 Å². The Hall–Kier alpha value is -0.590. The summed E-state index contributed by atoms with van der Waals surface area (Å²) in [6.07, 6.45) is 6.44. The minimum atomic E-state index is 0.338. The van der Waals surface area contributed by atoms with Crippen LogP contribution in [-0.2, 0) is 4.79 Å². The molecule has 1 nitrogen and oxygen atoms in total. The van der Waals surface area contributed by atoms with Gasteiger partial charge in [0, 0.05) is 5.92 Å². The summed E-state index contributed by atoms with van der Waals surface area (Å²) in [4.78, 5) is 11.4. The first kappa shape index (κ1) is 8.51. The number of allylic oxidation sites excluding steroid dienone is 2. The van der Waals surface area contributed by atoms with Crippen molar-refractivity contribution in [2.75, 3.05) is 0 Å². The second-order valence-corrected chi connectivity index (χ2v) is 3.31. The molecule has 1 unspecified atom stereocenters. The minimum absolute atomic E-state index is 0.338. The van der Waals surface area contributed by atoms with Crippen molar-refractivity contribution in [3.05, 3.63) is 11.6 Å². The van der Waals surface area contributed by atoms with Gasteiger partial charge in [0.05, 0.1) is 0 Å². The maximum absolute atomic E-state index is 11.4. The van der Waals surface area contributed by atoms with E-state index in [-0.39, 0.29) is 0 Å². The largest absolute Gasteiger partial charge is 0.294 e. The van der Waals surface area contributed by atoms with E-state index in [2.05, 4.69) is 13.0 Å². The Bertz CT molecular complexity index is 179. The molecule has 1 heteroatoms. The van der Waals surface area contributed by atoms with Gasteiger partial charge >= 0.3 is 0 Å². The number of carbonyl (C=O) groups is 1. The van der Waals surface area contributed by atoms with Crippen molar-refractivity contribution in [2.45, 2.75) is 39.5 Å². The molecule has 0 fully saturated rings. The lowest BCUT2D eigenvalue weighted by Crippen LogP contribution is -2.18. The molecule has 0 aromatic heterocycles. The van der Waals surface area contributed by atoms with Crippen LogP contribution in [0.3, 0.4) is 0 Å². The smallest absolute Gasteiger partial charge is 0.161 e. The van der Waals surface area contributed by atoms with Crippen molar-refractivity contribution in [3.8, 4) is 0 Å². The molecular weight excluding hydrogens is 136 g/mol. The van der Waals surface area contributed by atoms with Gasteiger partial charge in [-0.3, -0.25) is 4.79 Å². The molecule has 1 rings (SSSR count). The molecule has 1 aliphatic rings. The summed E-state index contributed by atoms with van der Waals surface area (Å²) in [6, 6.07) is 0. The van der Waals surface area contributed by atoms with E-state index in [1.54, 1.807) is 0 Å². The van der Waals surface area contributed by atoms with Crippen LogP contribution in [-0.4, -0.2) is 5.78 Å². The van der Waals surface area contributed by atoms with Crippen LogP contribution in [0.2, 0.25) is 0 Å². The van der Waals surface area contributed by atoms with E-state index in [4.69, 9.17) is 0 Å². The van der Waals surface area contributed by atoms with E-state index < -0.39 is 0 Å². The van der Waals surface area contributed by atoms with Crippen LogP contribution in [0.15, 0.2) is 11.6 Å². The molecule has 0 radical (unpaired) electrons. The van der Waals surface area contributed by atoms with Gasteiger partial charge in [-0.05, 0) is 31.8 Å². The molecule has 0 amide bonds. The molecule has 0 aromatic carbocycles. The van der Waals surface area contributed by atoms with Gasteiger partial charge in [0.25, 0.3) is 0 Å². The molecule has 0 bridgehead atoms. The highest BCUT2D eigenvalue weighted by molar-refractivity contribution is 5.97. The Morgan fingerprint density at radius 2 is 2.36 bits per heavy atom. The minimum Gasteiger partial charge on any atom is -0.294 e. The van der Waals surface area contributed by atoms with E-state index in [1.165, 1.54) is 0 Å². The Labute approximate surface area is 68.5 Å². The first-order chi connectivity index (χ1) is 5.25. The lowest BCUT2D eigenvalue weighted by Gasteiger charge is -2.18. The standard InChI is InChI=1S/C10H16O/c1-3-5-9-7-4-6-8(2)10(9)11/h6,9H,3-5,7H2,1-2H3. The van der Waals surface area contributed by atoms with Gasteiger partial charge in [-0.25, -0.2) is 0 Å². The fraction of sp³-hybridized carbons (Fsp3) is 0.700. The molecule has 0 N–H and O–H groups in total. The maximum Gasteiger partial charge on any atom is 0.161 e. The molecule has 0 saturated heterocycles. The topological polar surface area (TPSA) is 17.1 Å². The molecule has 1 atom stereocenters. The van der Waals surface area contributed by atoms with Gasteiger partial charge < -0.3 is 0 Å². The van der Waals surface area contributed by atoms with Crippen LogP contribution < -0.4 is 0 Å². The lowest BCUT2D eigenvalue weighted by molar-refractivity contribution is -0.120. The zero-order valence-electron chi connectivity index (χ0n) is 7.39. The highest BCUT2D eigenvalue weighted by Crippen LogP contribution is 2.23. The van der Waals surface area contributed by atoms with Crippen molar-refractivity contribution in [1.82, 2.24) is 0 Å². The maximum atomic E-state index is 11.4. The van der Waals surface area contributed by atoms with Gasteiger partial charge in [-0.2, -0.15) is 0 Å². The molecule has 0 heterocycles. The molecule has 0 aromatic rings. The summed E-state index contributed by atoms with van der Waals surface area (Å²) in [5.74, 6) is 0.725. The number of hydrogen-bond acceptors (Lipinski definition) is 1.